The average molecular weight is 375 g/mol. The first-order chi connectivity index (χ1) is 11.6. The molecule has 0 saturated carbocycles. The van der Waals surface area contributed by atoms with Crippen LogP contribution in [-0.2, 0) is 11.3 Å². The summed E-state index contributed by atoms with van der Waals surface area (Å²) in [6.45, 7) is 0.494. The third-order valence-electron chi connectivity index (χ3n) is 4.34. The molecule has 0 spiro atoms. The standard InChI is InChI=1S/C18H15ClN2OS2/c19-14-8-6-12(7-9-14)10-20-16(22)15-11-24-17(21(15)18(20)23)13-4-2-1-3-5-13/h1-9,15,17H,10-11H2/t15-,17?/m0/s1. The number of carbonyl (C=O) groups excluding carboxylic acids is 1. The highest BCUT2D eigenvalue weighted by atomic mass is 35.5. The number of thioether (sulfide) groups is 1. The molecule has 0 aliphatic carbocycles. The van der Waals surface area contributed by atoms with Crippen LogP contribution >= 0.6 is 35.6 Å². The van der Waals surface area contributed by atoms with Gasteiger partial charge in [0.15, 0.2) is 5.11 Å². The van der Waals surface area contributed by atoms with Crippen molar-refractivity contribution in [1.82, 2.24) is 9.80 Å². The van der Waals surface area contributed by atoms with E-state index in [0.29, 0.717) is 16.7 Å². The number of thiocarbonyl (C=S) groups is 1. The van der Waals surface area contributed by atoms with E-state index in [2.05, 4.69) is 17.0 Å². The van der Waals surface area contributed by atoms with E-state index in [9.17, 15) is 4.79 Å². The summed E-state index contributed by atoms with van der Waals surface area (Å²) in [5.74, 6) is 0.872. The lowest BCUT2D eigenvalue weighted by Gasteiger charge is -2.25. The molecule has 24 heavy (non-hydrogen) atoms. The lowest BCUT2D eigenvalue weighted by molar-refractivity contribution is -0.127. The molecular formula is C18H15ClN2OS2. The molecule has 2 aromatic carbocycles. The summed E-state index contributed by atoms with van der Waals surface area (Å²) in [7, 11) is 0. The van der Waals surface area contributed by atoms with Crippen molar-refractivity contribution in [3.63, 3.8) is 0 Å². The molecule has 0 radical (unpaired) electrons. The average Bonchev–Trinajstić information content (AvgIpc) is 3.14. The smallest absolute Gasteiger partial charge is 0.252 e. The summed E-state index contributed by atoms with van der Waals surface area (Å²) in [6, 6.07) is 17.6. The van der Waals surface area contributed by atoms with Crippen molar-refractivity contribution in [3.8, 4) is 0 Å². The Morgan fingerprint density at radius 1 is 1.12 bits per heavy atom. The molecule has 0 N–H and O–H groups in total. The van der Waals surface area contributed by atoms with E-state index in [4.69, 9.17) is 23.8 Å². The maximum Gasteiger partial charge on any atom is 0.252 e. The summed E-state index contributed by atoms with van der Waals surface area (Å²) >= 11 is 13.4. The van der Waals surface area contributed by atoms with Crippen molar-refractivity contribution in [2.45, 2.75) is 18.0 Å². The Kier molecular flexibility index (Phi) is 4.24. The third-order valence-corrected chi connectivity index (χ3v) is 6.35. The van der Waals surface area contributed by atoms with Gasteiger partial charge in [-0.1, -0.05) is 54.1 Å². The second-order valence-electron chi connectivity index (χ2n) is 5.85. The van der Waals surface area contributed by atoms with Crippen LogP contribution in [0.2, 0.25) is 5.02 Å². The zero-order chi connectivity index (χ0) is 16.7. The van der Waals surface area contributed by atoms with Gasteiger partial charge in [-0.2, -0.15) is 0 Å². The molecule has 0 aromatic heterocycles. The molecule has 2 saturated heterocycles. The maximum atomic E-state index is 12.8. The molecule has 2 aliphatic heterocycles. The van der Waals surface area contributed by atoms with E-state index in [1.807, 2.05) is 42.5 Å². The van der Waals surface area contributed by atoms with E-state index in [1.54, 1.807) is 16.7 Å². The molecule has 1 unspecified atom stereocenters. The number of nitrogens with zero attached hydrogens (tertiary/aromatic N) is 2. The second kappa shape index (κ2) is 6.39. The molecule has 2 aliphatic rings. The van der Waals surface area contributed by atoms with Gasteiger partial charge in [0.25, 0.3) is 5.91 Å². The molecule has 4 rings (SSSR count). The van der Waals surface area contributed by atoms with Crippen LogP contribution in [0.4, 0.5) is 0 Å². The van der Waals surface area contributed by atoms with E-state index in [1.165, 1.54) is 5.56 Å². The number of hydrogen-bond acceptors (Lipinski definition) is 3. The zero-order valence-electron chi connectivity index (χ0n) is 12.8. The molecular weight excluding hydrogens is 360 g/mol. The van der Waals surface area contributed by atoms with Gasteiger partial charge in [-0.3, -0.25) is 9.69 Å². The second-order valence-corrected chi connectivity index (χ2v) is 7.77. The van der Waals surface area contributed by atoms with Gasteiger partial charge in [-0.15, -0.1) is 11.8 Å². The molecule has 122 valence electrons. The fourth-order valence-corrected chi connectivity index (χ4v) is 5.14. The van der Waals surface area contributed by atoms with Crippen molar-refractivity contribution in [1.29, 1.82) is 0 Å². The van der Waals surface area contributed by atoms with Gasteiger partial charge in [-0.05, 0) is 35.5 Å². The van der Waals surface area contributed by atoms with Crippen molar-refractivity contribution in [2.75, 3.05) is 5.75 Å². The van der Waals surface area contributed by atoms with Crippen LogP contribution in [0.15, 0.2) is 54.6 Å². The Morgan fingerprint density at radius 3 is 2.54 bits per heavy atom. The summed E-state index contributed by atoms with van der Waals surface area (Å²) in [6.07, 6.45) is 0. The Morgan fingerprint density at radius 2 is 1.83 bits per heavy atom. The predicted octanol–water partition coefficient (Wildman–Crippen LogP) is 4.08. The Hall–Kier alpha value is -1.56. The summed E-state index contributed by atoms with van der Waals surface area (Å²) in [5, 5.41) is 1.43. The van der Waals surface area contributed by atoms with Crippen molar-refractivity contribution < 1.29 is 4.79 Å². The number of hydrogen-bond donors (Lipinski definition) is 0. The quantitative estimate of drug-likeness (QED) is 0.755. The molecule has 2 fully saturated rings. The monoisotopic (exact) mass is 374 g/mol. The first kappa shape index (κ1) is 15.9. The minimum Gasteiger partial charge on any atom is -0.320 e. The first-order valence-corrected chi connectivity index (χ1v) is 9.53. The van der Waals surface area contributed by atoms with Crippen molar-refractivity contribution in [3.05, 3.63) is 70.7 Å². The summed E-state index contributed by atoms with van der Waals surface area (Å²) < 4.78 is 0. The van der Waals surface area contributed by atoms with Crippen LogP contribution in [-0.4, -0.2) is 32.6 Å². The SMILES string of the molecule is O=C1[C@@H]2CSC(c3ccccc3)N2C(=S)N1Cc1ccc(Cl)cc1. The normalized spacial score (nSPS) is 23.0. The Balaban J connectivity index is 1.58. The largest absolute Gasteiger partial charge is 0.320 e. The fourth-order valence-electron chi connectivity index (χ4n) is 3.14. The fraction of sp³-hybridized carbons (Fsp3) is 0.222. The minimum atomic E-state index is -0.153. The molecule has 1 amide bonds. The van der Waals surface area contributed by atoms with Crippen molar-refractivity contribution in [2.24, 2.45) is 0 Å². The van der Waals surface area contributed by atoms with E-state index < -0.39 is 0 Å². The third kappa shape index (κ3) is 2.70. The number of benzene rings is 2. The Bertz CT molecular complexity index is 781. The van der Waals surface area contributed by atoms with E-state index >= 15 is 0 Å². The van der Waals surface area contributed by atoms with Crippen LogP contribution in [0.3, 0.4) is 0 Å². The number of carbonyl (C=O) groups is 1. The van der Waals surface area contributed by atoms with Crippen LogP contribution in [0.5, 0.6) is 0 Å². The summed E-state index contributed by atoms with van der Waals surface area (Å²) in [5.41, 5.74) is 2.22. The molecule has 2 atom stereocenters. The van der Waals surface area contributed by atoms with Gasteiger partial charge < -0.3 is 4.90 Å². The highest BCUT2D eigenvalue weighted by molar-refractivity contribution is 7.99. The highest BCUT2D eigenvalue weighted by Crippen LogP contribution is 2.45. The molecule has 0 bridgehead atoms. The maximum absolute atomic E-state index is 12.8. The van der Waals surface area contributed by atoms with Gasteiger partial charge in [0.1, 0.15) is 11.4 Å². The molecule has 2 heterocycles. The van der Waals surface area contributed by atoms with E-state index in [-0.39, 0.29) is 17.3 Å². The first-order valence-electron chi connectivity index (χ1n) is 7.70. The van der Waals surface area contributed by atoms with Gasteiger partial charge >= 0.3 is 0 Å². The topological polar surface area (TPSA) is 23.6 Å². The lowest BCUT2D eigenvalue weighted by atomic mass is 10.2. The van der Waals surface area contributed by atoms with E-state index in [0.717, 1.165) is 11.3 Å². The number of rotatable bonds is 3. The van der Waals surface area contributed by atoms with Crippen LogP contribution in [0.1, 0.15) is 16.5 Å². The van der Waals surface area contributed by atoms with Crippen LogP contribution < -0.4 is 0 Å². The molecule has 2 aromatic rings. The number of fused-ring (bicyclic) bond motifs is 1. The lowest BCUT2D eigenvalue weighted by Crippen LogP contribution is -2.33. The van der Waals surface area contributed by atoms with Crippen LogP contribution in [0, 0.1) is 0 Å². The minimum absolute atomic E-state index is 0.0980. The van der Waals surface area contributed by atoms with Gasteiger partial charge in [-0.25, -0.2) is 0 Å². The Labute approximate surface area is 155 Å². The predicted molar refractivity (Wildman–Crippen MR) is 102 cm³/mol. The highest BCUT2D eigenvalue weighted by Gasteiger charge is 2.50. The summed E-state index contributed by atoms with van der Waals surface area (Å²) in [4.78, 5) is 16.6. The van der Waals surface area contributed by atoms with Crippen LogP contribution in [0.25, 0.3) is 0 Å². The number of halogens is 1. The number of amides is 1. The zero-order valence-corrected chi connectivity index (χ0v) is 15.2. The molecule has 3 nitrogen and oxygen atoms in total. The van der Waals surface area contributed by atoms with Gasteiger partial charge in [0, 0.05) is 10.8 Å². The molecule has 6 heteroatoms. The van der Waals surface area contributed by atoms with Crippen molar-refractivity contribution >= 4 is 46.6 Å². The van der Waals surface area contributed by atoms with Gasteiger partial charge in [0.05, 0.1) is 6.54 Å². The van der Waals surface area contributed by atoms with Gasteiger partial charge in [0.2, 0.25) is 0 Å².